The molecular formula is C27H29F3N6O4S2. The molecule has 3 aromatic rings. The first-order chi connectivity index (χ1) is 19.8. The van der Waals surface area contributed by atoms with Crippen LogP contribution in [0.15, 0.2) is 39.9 Å². The topological polar surface area (TPSA) is 123 Å². The number of anilines is 2. The van der Waals surface area contributed by atoms with Gasteiger partial charge >= 0.3 is 17.9 Å². The number of hydrogen-bond acceptors (Lipinski definition) is 8. The largest absolute Gasteiger partial charge is 0.417 e. The van der Waals surface area contributed by atoms with Gasteiger partial charge in [0.2, 0.25) is 5.91 Å². The fraction of sp³-hybridized carbons (Fsp3) is 0.407. The number of aromatic nitrogens is 2. The van der Waals surface area contributed by atoms with Gasteiger partial charge in [-0.2, -0.15) is 18.2 Å². The predicted octanol–water partition coefficient (Wildman–Crippen LogP) is 4.37. The first-order valence-corrected chi connectivity index (χ1v) is 14.9. The number of nitrogens with one attached hydrogen (secondary N) is 1. The number of thioether (sulfide) groups is 1. The lowest BCUT2D eigenvalue weighted by atomic mass is 9.99. The molecule has 3 N–H and O–H groups in total. The van der Waals surface area contributed by atoms with Crippen molar-refractivity contribution in [1.82, 2.24) is 14.5 Å². The number of hydrogen-bond donors (Lipinski definition) is 2. The van der Waals surface area contributed by atoms with E-state index in [-0.39, 0.29) is 75.6 Å². The third-order valence-corrected chi connectivity index (χ3v) is 9.59. The van der Waals surface area contributed by atoms with Crippen LogP contribution in [0, 0.1) is 0 Å². The number of amides is 3. The van der Waals surface area contributed by atoms with Gasteiger partial charge in [-0.15, -0.1) is 23.1 Å². The van der Waals surface area contributed by atoms with Crippen LogP contribution in [-0.2, 0) is 22.3 Å². The highest BCUT2D eigenvalue weighted by Crippen LogP contribution is 2.51. The molecule has 15 heteroatoms. The number of benzene rings is 1. The van der Waals surface area contributed by atoms with Gasteiger partial charge in [0.05, 0.1) is 34.3 Å². The number of carbonyl (C=O) groups is 2. The zero-order valence-electron chi connectivity index (χ0n) is 23.0. The second-order valence-corrected chi connectivity index (χ2v) is 12.2. The number of rotatable bonds is 5. The van der Waals surface area contributed by atoms with Gasteiger partial charge in [0.15, 0.2) is 0 Å². The minimum absolute atomic E-state index is 0.0924. The minimum Gasteiger partial charge on any atom is -0.379 e. The van der Waals surface area contributed by atoms with E-state index >= 15 is 0 Å². The molecule has 2 aromatic heterocycles. The van der Waals surface area contributed by atoms with E-state index in [0.29, 0.717) is 5.52 Å². The molecule has 224 valence electrons. The molecule has 10 nitrogen and oxygen atoms in total. The Morgan fingerprint density at radius 1 is 1.24 bits per heavy atom. The monoisotopic (exact) mass is 622 g/mol. The number of alkyl halides is 3. The summed E-state index contributed by atoms with van der Waals surface area (Å²) in [4.78, 5) is 45.9. The van der Waals surface area contributed by atoms with Crippen LogP contribution < -0.4 is 21.6 Å². The molecule has 0 bridgehead atoms. The van der Waals surface area contributed by atoms with E-state index in [9.17, 15) is 27.6 Å². The lowest BCUT2D eigenvalue weighted by molar-refractivity contribution is -0.137. The maximum absolute atomic E-state index is 14.9. The maximum Gasteiger partial charge on any atom is 0.417 e. The molecule has 2 aliphatic heterocycles. The van der Waals surface area contributed by atoms with Gasteiger partial charge in [-0.25, -0.2) is 9.59 Å². The number of primary amides is 1. The van der Waals surface area contributed by atoms with Gasteiger partial charge in [-0.1, -0.05) is 6.58 Å². The first kappa shape index (κ1) is 29.9. The predicted molar refractivity (Wildman–Crippen MR) is 157 cm³/mol. The fourth-order valence-electron chi connectivity index (χ4n) is 5.74. The summed E-state index contributed by atoms with van der Waals surface area (Å²) in [6, 6.07) is 0.957. The Balaban J connectivity index is 1.82. The van der Waals surface area contributed by atoms with Gasteiger partial charge in [-0.05, 0) is 37.4 Å². The van der Waals surface area contributed by atoms with E-state index in [1.807, 2.05) is 13.8 Å². The molecule has 2 aliphatic rings. The molecule has 3 atom stereocenters. The Morgan fingerprint density at radius 3 is 2.52 bits per heavy atom. The Bertz CT molecular complexity index is 1630. The first-order valence-electron chi connectivity index (χ1n) is 13.0. The standard InChI is InChI=1S/C27H29F3N6O4S2/c1-5-19(37)36-13(2)9-34(10-14(36)3)24-16-8-17(27(28,29)30)20(22-18(6-7-41-22)32-25(31)38)23-21(16)35(26(39)33-24)11-15(40-4)12-42-23/h5-8,13-15H,1,9-12H2,2-4H3,(H3,31,32,38)/t13-,14+,15?. The van der Waals surface area contributed by atoms with Crippen LogP contribution in [0.3, 0.4) is 0 Å². The van der Waals surface area contributed by atoms with Gasteiger partial charge in [-0.3, -0.25) is 9.36 Å². The summed E-state index contributed by atoms with van der Waals surface area (Å²) in [6.07, 6.45) is -4.04. The van der Waals surface area contributed by atoms with Crippen molar-refractivity contribution in [1.29, 1.82) is 0 Å². The molecule has 4 heterocycles. The van der Waals surface area contributed by atoms with Gasteiger partial charge in [0.25, 0.3) is 0 Å². The summed E-state index contributed by atoms with van der Waals surface area (Å²) in [5.41, 5.74) is 4.05. The number of urea groups is 1. The van der Waals surface area contributed by atoms with Crippen LogP contribution in [0.4, 0.5) is 29.5 Å². The summed E-state index contributed by atoms with van der Waals surface area (Å²) in [7, 11) is 1.48. The fourth-order valence-corrected chi connectivity index (χ4v) is 8.03. The summed E-state index contributed by atoms with van der Waals surface area (Å²) in [6.45, 7) is 7.81. The van der Waals surface area contributed by atoms with Crippen LogP contribution >= 0.6 is 23.1 Å². The normalized spacial score (nSPS) is 20.9. The van der Waals surface area contributed by atoms with E-state index in [1.54, 1.807) is 15.2 Å². The number of nitrogens with two attached hydrogens (primary N) is 1. The second kappa shape index (κ2) is 11.3. The van der Waals surface area contributed by atoms with Crippen LogP contribution in [0.2, 0.25) is 0 Å². The summed E-state index contributed by atoms with van der Waals surface area (Å²) in [5, 5.41) is 4.15. The molecule has 1 fully saturated rings. The Hall–Kier alpha value is -3.56. The SMILES string of the molecule is C=CC(=O)N1[C@H](C)CN(c2nc(=O)n3c4c(c(-c5sccc5NC(N)=O)c(C(F)(F)F)cc24)SCC(OC)C3)C[C@@H]1C. The Labute approximate surface area is 247 Å². The summed E-state index contributed by atoms with van der Waals surface area (Å²) >= 11 is 2.18. The summed E-state index contributed by atoms with van der Waals surface area (Å²) in [5.74, 6) is 0.141. The summed E-state index contributed by atoms with van der Waals surface area (Å²) < 4.78 is 51.6. The molecule has 5 rings (SSSR count). The minimum atomic E-state index is -4.80. The lowest BCUT2D eigenvalue weighted by Crippen LogP contribution is -2.58. The third-order valence-electron chi connectivity index (χ3n) is 7.43. The molecule has 0 saturated carbocycles. The van der Waals surface area contributed by atoms with Crippen LogP contribution in [0.1, 0.15) is 19.4 Å². The van der Waals surface area contributed by atoms with Crippen molar-refractivity contribution in [2.75, 3.05) is 36.2 Å². The number of ether oxygens (including phenoxy) is 1. The Morgan fingerprint density at radius 2 is 1.93 bits per heavy atom. The number of nitrogens with zero attached hydrogens (tertiary/aromatic N) is 4. The number of thiophene rings is 1. The second-order valence-electron chi connectivity index (χ2n) is 10.2. The number of piperazine rings is 1. The van der Waals surface area contributed by atoms with Gasteiger partial charge in [0, 0.05) is 53.9 Å². The smallest absolute Gasteiger partial charge is 0.379 e. The van der Waals surface area contributed by atoms with Crippen molar-refractivity contribution < 1.29 is 27.5 Å². The average Bonchev–Trinajstić information content (AvgIpc) is 3.26. The lowest BCUT2D eigenvalue weighted by Gasteiger charge is -2.44. The highest BCUT2D eigenvalue weighted by Gasteiger charge is 2.40. The molecule has 1 aromatic carbocycles. The Kier molecular flexibility index (Phi) is 8.02. The highest BCUT2D eigenvalue weighted by molar-refractivity contribution is 7.99. The van der Waals surface area contributed by atoms with Crippen molar-refractivity contribution in [2.24, 2.45) is 5.73 Å². The molecule has 3 amide bonds. The van der Waals surface area contributed by atoms with E-state index in [4.69, 9.17) is 10.5 Å². The molecule has 0 radical (unpaired) electrons. The molecule has 1 unspecified atom stereocenters. The molecule has 0 aliphatic carbocycles. The van der Waals surface area contributed by atoms with E-state index in [2.05, 4.69) is 16.9 Å². The van der Waals surface area contributed by atoms with Gasteiger partial charge in [0.1, 0.15) is 5.82 Å². The third kappa shape index (κ3) is 5.24. The van der Waals surface area contributed by atoms with Crippen molar-refractivity contribution in [2.45, 2.75) is 49.7 Å². The number of carbonyl (C=O) groups excluding carboxylic acids is 2. The van der Waals surface area contributed by atoms with Crippen LogP contribution in [0.5, 0.6) is 0 Å². The van der Waals surface area contributed by atoms with Crippen LogP contribution in [-0.4, -0.2) is 70.5 Å². The number of halogens is 3. The average molecular weight is 623 g/mol. The van der Waals surface area contributed by atoms with Crippen molar-refractivity contribution in [3.63, 3.8) is 0 Å². The van der Waals surface area contributed by atoms with E-state index in [0.717, 1.165) is 29.2 Å². The highest BCUT2D eigenvalue weighted by atomic mass is 32.2. The molecule has 0 spiro atoms. The van der Waals surface area contributed by atoms with Crippen molar-refractivity contribution in [3.05, 3.63) is 46.2 Å². The van der Waals surface area contributed by atoms with Crippen LogP contribution in [0.25, 0.3) is 21.3 Å². The number of methoxy groups -OCH3 is 1. The van der Waals surface area contributed by atoms with E-state index < -0.39 is 29.6 Å². The van der Waals surface area contributed by atoms with Gasteiger partial charge < -0.3 is 25.6 Å². The molecule has 42 heavy (non-hydrogen) atoms. The molecular weight excluding hydrogens is 593 g/mol. The zero-order chi connectivity index (χ0) is 30.5. The van der Waals surface area contributed by atoms with E-state index in [1.165, 1.54) is 23.8 Å². The zero-order valence-corrected chi connectivity index (χ0v) is 24.7. The van der Waals surface area contributed by atoms with Crippen molar-refractivity contribution >= 4 is 57.4 Å². The quantitative estimate of drug-likeness (QED) is 0.406. The van der Waals surface area contributed by atoms with Crippen molar-refractivity contribution in [3.8, 4) is 10.4 Å². The molecule has 1 saturated heterocycles. The maximum atomic E-state index is 14.9.